The van der Waals surface area contributed by atoms with Crippen LogP contribution in [0.4, 0.5) is 0 Å². The first-order valence-electron chi connectivity index (χ1n) is 7.90. The Balaban J connectivity index is 2.42. The molecule has 0 radical (unpaired) electrons. The van der Waals surface area contributed by atoms with E-state index in [1.165, 1.54) is 6.08 Å². The molecule has 124 valence electrons. The van der Waals surface area contributed by atoms with Gasteiger partial charge < -0.3 is 0 Å². The predicted molar refractivity (Wildman–Crippen MR) is 104 cm³/mol. The summed E-state index contributed by atoms with van der Waals surface area (Å²) in [5.41, 5.74) is 1.25. The van der Waals surface area contributed by atoms with E-state index in [0.717, 1.165) is 32.5 Å². The SMILES string of the molecule is C=CCc1c(C=C)c(S(=O)(=O)O)c2ccc3cccc4ccc1c2c43. The number of allylic oxidation sites excluding steroid dienone is 1. The smallest absolute Gasteiger partial charge is 0.282 e. The number of hydrogen-bond acceptors (Lipinski definition) is 2. The van der Waals surface area contributed by atoms with Crippen LogP contribution in [0.25, 0.3) is 38.4 Å². The first-order chi connectivity index (χ1) is 12.0. The minimum absolute atomic E-state index is 0.0786. The van der Waals surface area contributed by atoms with E-state index in [9.17, 15) is 13.0 Å². The van der Waals surface area contributed by atoms with Crippen LogP contribution in [0.5, 0.6) is 0 Å². The summed E-state index contributed by atoms with van der Waals surface area (Å²) in [6.07, 6.45) is 3.71. The monoisotopic (exact) mass is 348 g/mol. The Morgan fingerprint density at radius 3 is 2.12 bits per heavy atom. The van der Waals surface area contributed by atoms with Crippen molar-refractivity contribution in [1.29, 1.82) is 0 Å². The van der Waals surface area contributed by atoms with Gasteiger partial charge in [-0.2, -0.15) is 8.42 Å². The molecule has 0 heterocycles. The molecule has 0 bridgehead atoms. The molecule has 0 aromatic heterocycles. The molecule has 0 fully saturated rings. The van der Waals surface area contributed by atoms with Gasteiger partial charge in [0, 0.05) is 5.39 Å². The molecule has 0 amide bonds. The van der Waals surface area contributed by atoms with E-state index >= 15 is 0 Å². The van der Waals surface area contributed by atoms with Crippen molar-refractivity contribution >= 4 is 48.5 Å². The molecule has 4 rings (SSSR count). The van der Waals surface area contributed by atoms with Gasteiger partial charge in [0.2, 0.25) is 0 Å². The molecule has 0 saturated carbocycles. The van der Waals surface area contributed by atoms with Crippen LogP contribution in [-0.2, 0) is 16.5 Å². The number of hydrogen-bond donors (Lipinski definition) is 1. The molecule has 0 atom stereocenters. The van der Waals surface area contributed by atoms with Crippen LogP contribution in [0.1, 0.15) is 11.1 Å². The van der Waals surface area contributed by atoms with E-state index in [4.69, 9.17) is 0 Å². The Morgan fingerprint density at radius 1 is 0.920 bits per heavy atom. The van der Waals surface area contributed by atoms with Crippen molar-refractivity contribution in [2.45, 2.75) is 11.3 Å². The fraction of sp³-hybridized carbons (Fsp3) is 0.0476. The molecule has 0 spiro atoms. The van der Waals surface area contributed by atoms with Gasteiger partial charge in [-0.1, -0.05) is 61.2 Å². The Labute approximate surface area is 146 Å². The summed E-state index contributed by atoms with van der Waals surface area (Å²) in [5, 5.41) is 5.40. The summed E-state index contributed by atoms with van der Waals surface area (Å²) in [7, 11) is -4.42. The first kappa shape index (κ1) is 15.8. The summed E-state index contributed by atoms with van der Waals surface area (Å²) in [4.78, 5) is -0.0786. The number of benzene rings is 4. The lowest BCUT2D eigenvalue weighted by molar-refractivity contribution is 0.484. The van der Waals surface area contributed by atoms with Gasteiger partial charge in [0.15, 0.2) is 0 Å². The van der Waals surface area contributed by atoms with Gasteiger partial charge in [-0.3, -0.25) is 4.55 Å². The molecule has 4 heteroatoms. The highest BCUT2D eigenvalue weighted by Crippen LogP contribution is 2.41. The van der Waals surface area contributed by atoms with Crippen molar-refractivity contribution < 1.29 is 13.0 Å². The molecule has 0 unspecified atom stereocenters. The van der Waals surface area contributed by atoms with Crippen molar-refractivity contribution in [1.82, 2.24) is 0 Å². The van der Waals surface area contributed by atoms with Gasteiger partial charge >= 0.3 is 0 Å². The van der Waals surface area contributed by atoms with Crippen LogP contribution in [0.2, 0.25) is 0 Å². The quantitative estimate of drug-likeness (QED) is 0.313. The first-order valence-corrected chi connectivity index (χ1v) is 9.34. The van der Waals surface area contributed by atoms with Gasteiger partial charge in [-0.15, -0.1) is 6.58 Å². The van der Waals surface area contributed by atoms with Gasteiger partial charge in [-0.25, -0.2) is 0 Å². The van der Waals surface area contributed by atoms with Crippen LogP contribution in [0, 0.1) is 0 Å². The summed E-state index contributed by atoms with van der Waals surface area (Å²) >= 11 is 0. The van der Waals surface area contributed by atoms with E-state index in [-0.39, 0.29) is 4.90 Å². The Kier molecular flexibility index (Phi) is 3.42. The lowest BCUT2D eigenvalue weighted by Gasteiger charge is -2.19. The summed E-state index contributed by atoms with van der Waals surface area (Å²) in [6.45, 7) is 7.56. The zero-order valence-electron chi connectivity index (χ0n) is 13.5. The molecule has 25 heavy (non-hydrogen) atoms. The minimum atomic E-state index is -4.42. The largest absolute Gasteiger partial charge is 0.295 e. The average Bonchev–Trinajstić information content (AvgIpc) is 2.59. The van der Waals surface area contributed by atoms with E-state index in [0.29, 0.717) is 17.4 Å². The molecule has 0 aliphatic rings. The second-order valence-corrected chi connectivity index (χ2v) is 7.43. The number of rotatable bonds is 4. The molecule has 4 aromatic rings. The van der Waals surface area contributed by atoms with Crippen LogP contribution < -0.4 is 0 Å². The van der Waals surface area contributed by atoms with Gasteiger partial charge in [0.25, 0.3) is 10.1 Å². The molecule has 1 N–H and O–H groups in total. The Bertz CT molecular complexity index is 1250. The van der Waals surface area contributed by atoms with Crippen LogP contribution >= 0.6 is 0 Å². The molecular formula is C21H16O3S. The van der Waals surface area contributed by atoms with E-state index in [1.54, 1.807) is 12.1 Å². The maximum atomic E-state index is 12.2. The van der Waals surface area contributed by atoms with Crippen LogP contribution in [0.15, 0.2) is 66.6 Å². The molecule has 0 aliphatic carbocycles. The molecule has 4 aromatic carbocycles. The second-order valence-electron chi connectivity index (χ2n) is 6.07. The second kappa shape index (κ2) is 5.41. The average molecular weight is 348 g/mol. The maximum absolute atomic E-state index is 12.2. The fourth-order valence-corrected chi connectivity index (χ4v) is 4.74. The van der Waals surface area contributed by atoms with Gasteiger partial charge in [0.1, 0.15) is 4.90 Å². The summed E-state index contributed by atoms with van der Waals surface area (Å²) in [6, 6.07) is 13.7. The molecule has 0 saturated heterocycles. The minimum Gasteiger partial charge on any atom is -0.282 e. The van der Waals surface area contributed by atoms with Crippen molar-refractivity contribution in [2.24, 2.45) is 0 Å². The van der Waals surface area contributed by atoms with E-state index in [2.05, 4.69) is 13.2 Å². The van der Waals surface area contributed by atoms with Crippen molar-refractivity contribution in [2.75, 3.05) is 0 Å². The summed E-state index contributed by atoms with van der Waals surface area (Å²) in [5.74, 6) is 0. The van der Waals surface area contributed by atoms with Crippen molar-refractivity contribution in [3.8, 4) is 0 Å². The fourth-order valence-electron chi connectivity index (χ4n) is 3.81. The lowest BCUT2D eigenvalue weighted by atomic mass is 9.88. The normalized spacial score (nSPS) is 12.2. The third-order valence-corrected chi connectivity index (χ3v) is 5.68. The Morgan fingerprint density at radius 2 is 1.56 bits per heavy atom. The Hall–Kier alpha value is -2.69. The maximum Gasteiger partial charge on any atom is 0.295 e. The predicted octanol–water partition coefficient (Wildman–Crippen LogP) is 5.20. The van der Waals surface area contributed by atoms with Crippen LogP contribution in [0.3, 0.4) is 0 Å². The third kappa shape index (κ3) is 2.18. The van der Waals surface area contributed by atoms with E-state index in [1.807, 2.05) is 36.4 Å². The van der Waals surface area contributed by atoms with Crippen molar-refractivity contribution in [3.05, 3.63) is 72.8 Å². The van der Waals surface area contributed by atoms with Crippen molar-refractivity contribution in [3.63, 3.8) is 0 Å². The molecule has 0 aliphatic heterocycles. The molecule has 3 nitrogen and oxygen atoms in total. The topological polar surface area (TPSA) is 54.4 Å². The van der Waals surface area contributed by atoms with Crippen LogP contribution in [-0.4, -0.2) is 13.0 Å². The highest BCUT2D eigenvalue weighted by Gasteiger charge is 2.24. The highest BCUT2D eigenvalue weighted by atomic mass is 32.2. The molecular weight excluding hydrogens is 332 g/mol. The standard InChI is InChI=1S/C21H16O3S/c1-3-6-16-15(4-2)21(25(22,23)24)18-12-10-14-8-5-7-13-9-11-17(16)20(18)19(13)14/h3-5,7-12H,1-2,6H2,(H,22,23,24). The lowest BCUT2D eigenvalue weighted by Crippen LogP contribution is -2.06. The highest BCUT2D eigenvalue weighted by molar-refractivity contribution is 7.86. The van der Waals surface area contributed by atoms with E-state index < -0.39 is 10.1 Å². The zero-order valence-corrected chi connectivity index (χ0v) is 14.3. The zero-order chi connectivity index (χ0) is 17.8. The van der Waals surface area contributed by atoms with Gasteiger partial charge in [-0.05, 0) is 44.5 Å². The third-order valence-electron chi connectivity index (χ3n) is 4.73. The summed E-state index contributed by atoms with van der Waals surface area (Å²) < 4.78 is 34.3. The van der Waals surface area contributed by atoms with Gasteiger partial charge in [0.05, 0.1) is 0 Å².